The van der Waals surface area contributed by atoms with E-state index in [-0.39, 0.29) is 5.69 Å². The van der Waals surface area contributed by atoms with Crippen LogP contribution in [0.25, 0.3) is 0 Å². The fraction of sp³-hybridized carbons (Fsp3) is 0.200. The number of hydrogen-bond acceptors (Lipinski definition) is 2. The number of benzene rings is 1. The number of hydrogen-bond donors (Lipinski definition) is 2. The molecule has 1 aromatic rings. The van der Waals surface area contributed by atoms with Gasteiger partial charge in [0.15, 0.2) is 0 Å². The zero-order valence-electron chi connectivity index (χ0n) is 9.39. The number of nitrogens with one attached hydrogen (secondary N) is 2. The Bertz CT molecular complexity index is 506. The molecule has 0 atom stereocenters. The molecule has 0 saturated carbocycles. The van der Waals surface area contributed by atoms with Crippen molar-refractivity contribution in [1.29, 1.82) is 0 Å². The van der Waals surface area contributed by atoms with Crippen molar-refractivity contribution in [3.8, 4) is 0 Å². The summed E-state index contributed by atoms with van der Waals surface area (Å²) < 4.78 is 72.1. The van der Waals surface area contributed by atoms with Crippen molar-refractivity contribution in [3.05, 3.63) is 29.8 Å². The van der Waals surface area contributed by atoms with E-state index in [2.05, 4.69) is 0 Å². The maximum Gasteiger partial charge on any atom is 0.471 e. The fourth-order valence-electron chi connectivity index (χ4n) is 1.08. The van der Waals surface area contributed by atoms with Crippen LogP contribution >= 0.6 is 0 Å². The summed E-state index contributed by atoms with van der Waals surface area (Å²) in [6.45, 7) is 0. The minimum absolute atomic E-state index is 0.203. The number of amides is 3. The van der Waals surface area contributed by atoms with E-state index in [9.17, 15) is 35.9 Å². The largest absolute Gasteiger partial charge is 0.471 e. The van der Waals surface area contributed by atoms with Gasteiger partial charge >= 0.3 is 24.3 Å². The van der Waals surface area contributed by atoms with E-state index in [1.54, 1.807) is 5.32 Å². The molecule has 0 aliphatic carbocycles. The van der Waals surface area contributed by atoms with E-state index in [0.29, 0.717) is 12.1 Å². The quantitative estimate of drug-likeness (QED) is 0.783. The molecule has 0 bridgehead atoms. The normalized spacial score (nSPS) is 11.9. The third-order valence-electron chi connectivity index (χ3n) is 1.95. The third kappa shape index (κ3) is 4.44. The number of carbonyl (C=O) groups excluding carboxylic acids is 2. The molecule has 1 aromatic carbocycles. The number of imide groups is 1. The smallest absolute Gasteiger partial charge is 0.308 e. The lowest BCUT2D eigenvalue weighted by molar-refractivity contribution is -0.172. The number of urea groups is 1. The molecule has 0 spiro atoms. The molecule has 0 heterocycles. The van der Waals surface area contributed by atoms with Gasteiger partial charge in [0.2, 0.25) is 0 Å². The van der Waals surface area contributed by atoms with Crippen LogP contribution in [-0.4, -0.2) is 18.1 Å². The summed E-state index contributed by atoms with van der Waals surface area (Å²) in [6.07, 6.45) is -9.81. The van der Waals surface area contributed by atoms with E-state index >= 15 is 0 Å². The Morgan fingerprint density at radius 3 is 1.80 bits per heavy atom. The van der Waals surface area contributed by atoms with Crippen molar-refractivity contribution >= 4 is 17.6 Å². The summed E-state index contributed by atoms with van der Waals surface area (Å²) in [6, 6.07) is 1.41. The number of halogens is 6. The Kier molecular flexibility index (Phi) is 4.26. The summed E-state index contributed by atoms with van der Waals surface area (Å²) in [7, 11) is 0. The molecule has 10 heteroatoms. The summed E-state index contributed by atoms with van der Waals surface area (Å²) >= 11 is 0. The SMILES string of the molecule is O=C(NC(=O)C(F)(F)F)Nc1ccc(C(F)(F)F)cc1. The fourth-order valence-corrected chi connectivity index (χ4v) is 1.08. The third-order valence-corrected chi connectivity index (χ3v) is 1.95. The van der Waals surface area contributed by atoms with E-state index in [4.69, 9.17) is 0 Å². The molecule has 20 heavy (non-hydrogen) atoms. The van der Waals surface area contributed by atoms with Gasteiger partial charge in [0.25, 0.3) is 0 Å². The van der Waals surface area contributed by atoms with Crippen molar-refractivity contribution in [1.82, 2.24) is 5.32 Å². The zero-order chi connectivity index (χ0) is 15.6. The molecule has 2 N–H and O–H groups in total. The van der Waals surface area contributed by atoms with E-state index in [0.717, 1.165) is 17.4 Å². The maximum absolute atomic E-state index is 12.2. The molecule has 0 aliphatic rings. The van der Waals surface area contributed by atoms with Crippen LogP contribution in [0.3, 0.4) is 0 Å². The highest BCUT2D eigenvalue weighted by molar-refractivity contribution is 6.02. The molecule has 3 amide bonds. The molecule has 1 rings (SSSR count). The summed E-state index contributed by atoms with van der Waals surface area (Å²) in [4.78, 5) is 21.4. The number of carbonyl (C=O) groups is 2. The summed E-state index contributed by atoms with van der Waals surface area (Å²) in [5, 5.41) is 2.76. The van der Waals surface area contributed by atoms with Gasteiger partial charge in [-0.1, -0.05) is 0 Å². The second-order valence-corrected chi connectivity index (χ2v) is 3.48. The molecule has 0 radical (unpaired) electrons. The van der Waals surface area contributed by atoms with Crippen LogP contribution in [0.15, 0.2) is 24.3 Å². The Morgan fingerprint density at radius 1 is 0.900 bits per heavy atom. The summed E-state index contributed by atoms with van der Waals surface area (Å²) in [5.41, 5.74) is -1.19. The van der Waals surface area contributed by atoms with E-state index in [1.807, 2.05) is 0 Å². The topological polar surface area (TPSA) is 58.2 Å². The van der Waals surface area contributed by atoms with Gasteiger partial charge in [-0.2, -0.15) is 26.3 Å². The Morgan fingerprint density at radius 2 is 1.40 bits per heavy atom. The molecule has 0 aromatic heterocycles. The Hall–Kier alpha value is -2.26. The van der Waals surface area contributed by atoms with Gasteiger partial charge in [0.1, 0.15) is 0 Å². The van der Waals surface area contributed by atoms with Crippen LogP contribution in [0.5, 0.6) is 0 Å². The zero-order valence-corrected chi connectivity index (χ0v) is 9.39. The van der Waals surface area contributed by atoms with Gasteiger partial charge in [-0.15, -0.1) is 0 Å². The van der Waals surface area contributed by atoms with Gasteiger partial charge in [-0.05, 0) is 24.3 Å². The van der Waals surface area contributed by atoms with Gasteiger partial charge in [-0.25, -0.2) is 4.79 Å². The first kappa shape index (κ1) is 15.8. The van der Waals surface area contributed by atoms with Crippen LogP contribution in [-0.2, 0) is 11.0 Å². The molecule has 0 unspecified atom stereocenters. The number of anilines is 1. The average molecular weight is 300 g/mol. The molecule has 0 fully saturated rings. The predicted octanol–water partition coefficient (Wildman–Crippen LogP) is 2.92. The minimum Gasteiger partial charge on any atom is -0.308 e. The van der Waals surface area contributed by atoms with Gasteiger partial charge < -0.3 is 5.32 Å². The first-order chi connectivity index (χ1) is 9.00. The first-order valence-electron chi connectivity index (χ1n) is 4.86. The van der Waals surface area contributed by atoms with Crippen LogP contribution in [0.2, 0.25) is 0 Å². The average Bonchev–Trinajstić information content (AvgIpc) is 2.26. The lowest BCUT2D eigenvalue weighted by Gasteiger charge is -2.10. The monoisotopic (exact) mass is 300 g/mol. The van der Waals surface area contributed by atoms with Crippen molar-refractivity contribution in [3.63, 3.8) is 0 Å². The van der Waals surface area contributed by atoms with Gasteiger partial charge in [0.05, 0.1) is 5.56 Å². The lowest BCUT2D eigenvalue weighted by atomic mass is 10.2. The Labute approximate surface area is 107 Å². The molecule has 4 nitrogen and oxygen atoms in total. The van der Waals surface area contributed by atoms with Crippen molar-refractivity contribution in [2.75, 3.05) is 5.32 Å². The molecule has 0 aliphatic heterocycles. The van der Waals surface area contributed by atoms with Crippen molar-refractivity contribution in [2.24, 2.45) is 0 Å². The highest BCUT2D eigenvalue weighted by atomic mass is 19.4. The van der Waals surface area contributed by atoms with E-state index < -0.39 is 29.9 Å². The lowest BCUT2D eigenvalue weighted by Crippen LogP contribution is -2.42. The number of rotatable bonds is 1. The highest BCUT2D eigenvalue weighted by Gasteiger charge is 2.39. The number of alkyl halides is 6. The first-order valence-corrected chi connectivity index (χ1v) is 4.86. The van der Waals surface area contributed by atoms with Gasteiger partial charge in [-0.3, -0.25) is 10.1 Å². The van der Waals surface area contributed by atoms with E-state index in [1.165, 1.54) is 0 Å². The predicted molar refractivity (Wildman–Crippen MR) is 54.7 cm³/mol. The van der Waals surface area contributed by atoms with Crippen LogP contribution in [0, 0.1) is 0 Å². The van der Waals surface area contributed by atoms with Crippen LogP contribution in [0.1, 0.15) is 5.56 Å². The second kappa shape index (κ2) is 5.39. The maximum atomic E-state index is 12.2. The molecular weight excluding hydrogens is 294 g/mol. The second-order valence-electron chi connectivity index (χ2n) is 3.48. The molecular formula is C10H6F6N2O2. The van der Waals surface area contributed by atoms with Crippen LogP contribution in [0.4, 0.5) is 36.8 Å². The Balaban J connectivity index is 2.66. The minimum atomic E-state index is -5.24. The summed E-state index contributed by atoms with van der Waals surface area (Å²) in [5.74, 6) is -2.48. The highest BCUT2D eigenvalue weighted by Crippen LogP contribution is 2.29. The van der Waals surface area contributed by atoms with Crippen molar-refractivity contribution < 1.29 is 35.9 Å². The molecule has 0 saturated heterocycles. The van der Waals surface area contributed by atoms with Crippen LogP contribution < -0.4 is 10.6 Å². The van der Waals surface area contributed by atoms with Gasteiger partial charge in [0, 0.05) is 5.69 Å². The van der Waals surface area contributed by atoms with Crippen molar-refractivity contribution in [2.45, 2.75) is 12.4 Å². The molecule has 110 valence electrons. The standard InChI is InChI=1S/C10H6F6N2O2/c11-9(12,13)5-1-3-6(4-2-5)17-8(20)18-7(19)10(14,15)16/h1-4H,(H2,17,18,19,20).